The fourth-order valence-electron chi connectivity index (χ4n) is 1.14. The maximum absolute atomic E-state index is 11.5. The first-order chi connectivity index (χ1) is 8.02. The topological polar surface area (TPSA) is 70.2 Å². The van der Waals surface area contributed by atoms with Crippen LogP contribution in [0.5, 0.6) is 0 Å². The van der Waals surface area contributed by atoms with E-state index >= 15 is 0 Å². The highest BCUT2D eigenvalue weighted by atomic mass is 127. The van der Waals surface area contributed by atoms with Gasteiger partial charge in [0, 0.05) is 16.3 Å². The summed E-state index contributed by atoms with van der Waals surface area (Å²) in [6, 6.07) is 6.65. The molecular weight excluding hydrogens is 333 g/mol. The van der Waals surface area contributed by atoms with E-state index in [4.69, 9.17) is 0 Å². The lowest BCUT2D eigenvalue weighted by atomic mass is 10.2. The van der Waals surface area contributed by atoms with Crippen LogP contribution in [0, 0.1) is 3.57 Å². The van der Waals surface area contributed by atoms with Crippen LogP contribution in [0.1, 0.15) is 6.92 Å². The van der Waals surface area contributed by atoms with Gasteiger partial charge >= 0.3 is 6.03 Å². The second kappa shape index (κ2) is 6.43. The molecule has 0 radical (unpaired) electrons. The third kappa shape index (κ3) is 4.59. The van der Waals surface area contributed by atoms with Crippen LogP contribution in [-0.4, -0.2) is 25.0 Å². The summed E-state index contributed by atoms with van der Waals surface area (Å²) in [7, 11) is 1.46. The van der Waals surface area contributed by atoms with E-state index in [-0.39, 0.29) is 5.91 Å². The molecule has 0 aliphatic heterocycles. The van der Waals surface area contributed by atoms with E-state index in [0.29, 0.717) is 0 Å². The molecule has 1 unspecified atom stereocenters. The number of amides is 3. The number of anilines is 1. The summed E-state index contributed by atoms with van der Waals surface area (Å²) in [6.07, 6.45) is 0. The molecule has 1 rings (SSSR count). The number of halogens is 1. The normalized spacial score (nSPS) is 11.5. The standard InChI is InChI=1S/C11H14IN3O2/c1-7(10(16)15-11(17)13-2)14-9-5-3-8(12)4-6-9/h3-7,14H,1-2H3,(H2,13,15,16,17). The van der Waals surface area contributed by atoms with Gasteiger partial charge in [-0.3, -0.25) is 10.1 Å². The van der Waals surface area contributed by atoms with Crippen LogP contribution in [0.4, 0.5) is 10.5 Å². The number of benzene rings is 1. The summed E-state index contributed by atoms with van der Waals surface area (Å²) in [5, 5.41) is 7.53. The van der Waals surface area contributed by atoms with Crippen LogP contribution < -0.4 is 16.0 Å². The summed E-state index contributed by atoms with van der Waals surface area (Å²) in [4.78, 5) is 22.5. The van der Waals surface area contributed by atoms with E-state index in [1.54, 1.807) is 6.92 Å². The van der Waals surface area contributed by atoms with Crippen molar-refractivity contribution in [2.75, 3.05) is 12.4 Å². The van der Waals surface area contributed by atoms with Gasteiger partial charge in [0.05, 0.1) is 0 Å². The van der Waals surface area contributed by atoms with Crippen LogP contribution in [0.3, 0.4) is 0 Å². The lowest BCUT2D eigenvalue weighted by molar-refractivity contribution is -0.120. The number of hydrogen-bond donors (Lipinski definition) is 3. The lowest BCUT2D eigenvalue weighted by Crippen LogP contribution is -2.44. The monoisotopic (exact) mass is 347 g/mol. The minimum absolute atomic E-state index is 0.372. The van der Waals surface area contributed by atoms with Crippen LogP contribution in [0.15, 0.2) is 24.3 Å². The second-order valence-electron chi connectivity index (χ2n) is 3.44. The van der Waals surface area contributed by atoms with E-state index in [0.717, 1.165) is 9.26 Å². The van der Waals surface area contributed by atoms with Crippen LogP contribution in [0.25, 0.3) is 0 Å². The molecule has 0 saturated heterocycles. The molecule has 3 amide bonds. The van der Waals surface area contributed by atoms with E-state index in [2.05, 4.69) is 38.5 Å². The van der Waals surface area contributed by atoms with Crippen molar-refractivity contribution in [1.29, 1.82) is 0 Å². The maximum Gasteiger partial charge on any atom is 0.321 e. The minimum Gasteiger partial charge on any atom is -0.374 e. The summed E-state index contributed by atoms with van der Waals surface area (Å²) < 4.78 is 1.12. The molecule has 0 heterocycles. The lowest BCUT2D eigenvalue weighted by Gasteiger charge is -2.14. The number of urea groups is 1. The SMILES string of the molecule is CNC(=O)NC(=O)C(C)Nc1ccc(I)cc1. The molecule has 6 heteroatoms. The molecule has 1 aromatic rings. The summed E-state index contributed by atoms with van der Waals surface area (Å²) in [5.41, 5.74) is 0.838. The molecule has 0 aliphatic carbocycles. The number of nitrogens with one attached hydrogen (secondary N) is 3. The Kier molecular flexibility index (Phi) is 5.20. The molecule has 0 aliphatic rings. The third-order valence-corrected chi connectivity index (χ3v) is 2.80. The van der Waals surface area contributed by atoms with Gasteiger partial charge in [0.15, 0.2) is 0 Å². The van der Waals surface area contributed by atoms with E-state index in [1.807, 2.05) is 24.3 Å². The number of rotatable bonds is 3. The van der Waals surface area contributed by atoms with Crippen molar-refractivity contribution in [1.82, 2.24) is 10.6 Å². The molecule has 0 saturated carbocycles. The summed E-state index contributed by atoms with van der Waals surface area (Å²) >= 11 is 2.20. The zero-order valence-electron chi connectivity index (χ0n) is 9.58. The molecule has 92 valence electrons. The zero-order valence-corrected chi connectivity index (χ0v) is 11.7. The Balaban J connectivity index is 2.54. The largest absolute Gasteiger partial charge is 0.374 e. The van der Waals surface area contributed by atoms with Gasteiger partial charge in [-0.05, 0) is 53.8 Å². The van der Waals surface area contributed by atoms with Gasteiger partial charge in [-0.1, -0.05) is 0 Å². The number of carbonyl (C=O) groups is 2. The molecular formula is C11H14IN3O2. The molecule has 1 aromatic carbocycles. The van der Waals surface area contributed by atoms with Crippen LogP contribution in [-0.2, 0) is 4.79 Å². The van der Waals surface area contributed by atoms with Gasteiger partial charge in [-0.25, -0.2) is 4.79 Å². The van der Waals surface area contributed by atoms with Gasteiger partial charge in [0.1, 0.15) is 6.04 Å². The average molecular weight is 347 g/mol. The fraction of sp³-hybridized carbons (Fsp3) is 0.273. The number of carbonyl (C=O) groups excluding carboxylic acids is 2. The smallest absolute Gasteiger partial charge is 0.321 e. The van der Waals surface area contributed by atoms with E-state index in [1.165, 1.54) is 7.05 Å². The first-order valence-corrected chi connectivity index (χ1v) is 6.15. The van der Waals surface area contributed by atoms with Crippen molar-refractivity contribution in [3.05, 3.63) is 27.8 Å². The summed E-state index contributed by atoms with van der Waals surface area (Å²) in [6.45, 7) is 1.69. The molecule has 1 atom stereocenters. The predicted octanol–water partition coefficient (Wildman–Crippen LogP) is 1.55. The highest BCUT2D eigenvalue weighted by molar-refractivity contribution is 14.1. The minimum atomic E-state index is -0.508. The highest BCUT2D eigenvalue weighted by Gasteiger charge is 2.14. The first-order valence-electron chi connectivity index (χ1n) is 5.07. The van der Waals surface area contributed by atoms with Gasteiger partial charge in [0.25, 0.3) is 0 Å². The fourth-order valence-corrected chi connectivity index (χ4v) is 1.50. The Hall–Kier alpha value is -1.31. The number of hydrogen-bond acceptors (Lipinski definition) is 3. The highest BCUT2D eigenvalue weighted by Crippen LogP contribution is 2.12. The average Bonchev–Trinajstić information content (AvgIpc) is 2.31. The van der Waals surface area contributed by atoms with Gasteiger partial charge < -0.3 is 10.6 Å². The van der Waals surface area contributed by atoms with Crippen molar-refractivity contribution in [2.45, 2.75) is 13.0 Å². The van der Waals surface area contributed by atoms with Gasteiger partial charge in [-0.15, -0.1) is 0 Å². The van der Waals surface area contributed by atoms with E-state index in [9.17, 15) is 9.59 Å². The number of imide groups is 1. The Bertz CT molecular complexity index is 406. The van der Waals surface area contributed by atoms with E-state index < -0.39 is 12.1 Å². The molecule has 0 aromatic heterocycles. The Morgan fingerprint density at radius 1 is 1.24 bits per heavy atom. The first kappa shape index (κ1) is 13.8. The maximum atomic E-state index is 11.5. The third-order valence-electron chi connectivity index (χ3n) is 2.08. The van der Waals surface area contributed by atoms with Crippen molar-refractivity contribution >= 4 is 40.2 Å². The Labute approximate surface area is 113 Å². The molecule has 0 fully saturated rings. The Morgan fingerprint density at radius 3 is 2.35 bits per heavy atom. The van der Waals surface area contributed by atoms with Crippen molar-refractivity contribution < 1.29 is 9.59 Å². The van der Waals surface area contributed by atoms with Crippen LogP contribution in [0.2, 0.25) is 0 Å². The van der Waals surface area contributed by atoms with Crippen LogP contribution >= 0.6 is 22.6 Å². The second-order valence-corrected chi connectivity index (χ2v) is 4.69. The molecule has 3 N–H and O–H groups in total. The molecule has 0 bridgehead atoms. The molecule has 17 heavy (non-hydrogen) atoms. The molecule has 5 nitrogen and oxygen atoms in total. The molecule has 0 spiro atoms. The van der Waals surface area contributed by atoms with Gasteiger partial charge in [0.2, 0.25) is 5.91 Å². The Morgan fingerprint density at radius 2 is 1.82 bits per heavy atom. The quantitative estimate of drug-likeness (QED) is 0.727. The van der Waals surface area contributed by atoms with Gasteiger partial charge in [-0.2, -0.15) is 0 Å². The van der Waals surface area contributed by atoms with Crippen molar-refractivity contribution in [3.8, 4) is 0 Å². The zero-order chi connectivity index (χ0) is 12.8. The van der Waals surface area contributed by atoms with Crippen molar-refractivity contribution in [2.24, 2.45) is 0 Å². The van der Waals surface area contributed by atoms with Crippen molar-refractivity contribution in [3.63, 3.8) is 0 Å². The predicted molar refractivity (Wildman–Crippen MR) is 74.8 cm³/mol. The summed E-state index contributed by atoms with van der Waals surface area (Å²) in [5.74, 6) is -0.372.